The SMILES string of the molecule is CCCCn1c(=O)n(Cc2ccccc2F)c(=O)c2[nH]c(Cc3ccc(NS(=O)(=O)c4cccc5c(N(C)C)cccc45)cc3)nc21. The van der Waals surface area contributed by atoms with Gasteiger partial charge in [-0.3, -0.25) is 18.7 Å². The molecule has 12 heteroatoms. The molecule has 0 saturated carbocycles. The number of hydrogen-bond donors (Lipinski definition) is 2. The minimum atomic E-state index is -3.90. The van der Waals surface area contributed by atoms with Crippen molar-refractivity contribution < 1.29 is 12.8 Å². The van der Waals surface area contributed by atoms with Crippen LogP contribution in [0.2, 0.25) is 0 Å². The van der Waals surface area contributed by atoms with Gasteiger partial charge in [0, 0.05) is 54.8 Å². The normalized spacial score (nSPS) is 11.7. The van der Waals surface area contributed by atoms with E-state index in [9.17, 15) is 22.4 Å². The molecule has 4 aromatic carbocycles. The summed E-state index contributed by atoms with van der Waals surface area (Å²) in [4.78, 5) is 36.8. The Kier molecular flexibility index (Phi) is 8.69. The average molecular weight is 655 g/mol. The Morgan fingerprint density at radius 3 is 2.34 bits per heavy atom. The van der Waals surface area contributed by atoms with Gasteiger partial charge in [0.15, 0.2) is 5.65 Å². The molecule has 2 aromatic heterocycles. The van der Waals surface area contributed by atoms with Crippen molar-refractivity contribution in [3.8, 4) is 0 Å². The Balaban J connectivity index is 1.28. The molecule has 6 rings (SSSR count). The van der Waals surface area contributed by atoms with Crippen molar-refractivity contribution in [2.45, 2.75) is 44.2 Å². The fourth-order valence-corrected chi connectivity index (χ4v) is 7.02. The summed E-state index contributed by atoms with van der Waals surface area (Å²) in [5.41, 5.74) is 1.66. The van der Waals surface area contributed by atoms with E-state index in [1.54, 1.807) is 60.7 Å². The molecule has 2 heterocycles. The lowest BCUT2D eigenvalue weighted by molar-refractivity contribution is 0.553. The lowest BCUT2D eigenvalue weighted by Crippen LogP contribution is -2.40. The summed E-state index contributed by atoms with van der Waals surface area (Å²) in [5.74, 6) is -0.0307. The van der Waals surface area contributed by atoms with Crippen LogP contribution in [0.15, 0.2) is 99.4 Å². The maximum Gasteiger partial charge on any atom is 0.333 e. The van der Waals surface area contributed by atoms with Gasteiger partial charge in [-0.05, 0) is 42.3 Å². The molecule has 0 spiro atoms. The second-order valence-corrected chi connectivity index (χ2v) is 13.3. The number of benzene rings is 4. The van der Waals surface area contributed by atoms with Crippen molar-refractivity contribution in [2.75, 3.05) is 23.7 Å². The maximum atomic E-state index is 14.4. The first kappa shape index (κ1) is 31.7. The molecule has 0 bridgehead atoms. The van der Waals surface area contributed by atoms with Gasteiger partial charge in [-0.2, -0.15) is 0 Å². The predicted octanol–water partition coefficient (Wildman–Crippen LogP) is 5.48. The summed E-state index contributed by atoms with van der Waals surface area (Å²) < 4.78 is 46.6. The summed E-state index contributed by atoms with van der Waals surface area (Å²) >= 11 is 0. The molecule has 0 radical (unpaired) electrons. The summed E-state index contributed by atoms with van der Waals surface area (Å²) in [6, 6.07) is 23.8. The summed E-state index contributed by atoms with van der Waals surface area (Å²) in [6.07, 6.45) is 1.82. The fraction of sp³-hybridized carbons (Fsp3) is 0.229. The Morgan fingerprint density at radius 2 is 1.62 bits per heavy atom. The lowest BCUT2D eigenvalue weighted by Gasteiger charge is -2.17. The van der Waals surface area contributed by atoms with Crippen LogP contribution in [0.4, 0.5) is 15.8 Å². The van der Waals surface area contributed by atoms with Crippen LogP contribution in [0.3, 0.4) is 0 Å². The molecular formula is C35H35FN6O4S. The third-order valence-corrected chi connectivity index (χ3v) is 9.58. The van der Waals surface area contributed by atoms with Crippen molar-refractivity contribution >= 4 is 43.3 Å². The van der Waals surface area contributed by atoms with Gasteiger partial charge in [0.05, 0.1) is 11.4 Å². The first-order chi connectivity index (χ1) is 22.6. The number of anilines is 2. The van der Waals surface area contributed by atoms with Crippen LogP contribution < -0.4 is 20.9 Å². The molecule has 0 atom stereocenters. The smallest absolute Gasteiger partial charge is 0.333 e. The first-order valence-corrected chi connectivity index (χ1v) is 16.8. The number of aromatic amines is 1. The fourth-order valence-electron chi connectivity index (χ4n) is 5.74. The van der Waals surface area contributed by atoms with Crippen LogP contribution in [0.25, 0.3) is 21.9 Å². The van der Waals surface area contributed by atoms with Gasteiger partial charge >= 0.3 is 5.69 Å². The molecule has 10 nitrogen and oxygen atoms in total. The van der Waals surface area contributed by atoms with E-state index in [2.05, 4.69) is 14.7 Å². The number of H-pyrrole nitrogens is 1. The highest BCUT2D eigenvalue weighted by Crippen LogP contribution is 2.31. The number of fused-ring (bicyclic) bond motifs is 2. The van der Waals surface area contributed by atoms with Crippen LogP contribution in [0, 0.1) is 5.82 Å². The molecule has 6 aromatic rings. The number of hydrogen-bond acceptors (Lipinski definition) is 6. The topological polar surface area (TPSA) is 122 Å². The predicted molar refractivity (Wildman–Crippen MR) is 183 cm³/mol. The van der Waals surface area contributed by atoms with Crippen LogP contribution in [-0.2, 0) is 29.5 Å². The highest BCUT2D eigenvalue weighted by molar-refractivity contribution is 7.93. The molecule has 242 valence electrons. The van der Waals surface area contributed by atoms with Crippen molar-refractivity contribution in [3.05, 3.63) is 129 Å². The zero-order valence-corrected chi connectivity index (χ0v) is 27.1. The Labute approximate surface area is 271 Å². The maximum absolute atomic E-state index is 14.4. The van der Waals surface area contributed by atoms with E-state index >= 15 is 0 Å². The molecule has 47 heavy (non-hydrogen) atoms. The van der Waals surface area contributed by atoms with Gasteiger partial charge in [-0.15, -0.1) is 0 Å². The minimum absolute atomic E-state index is 0.170. The number of nitrogens with one attached hydrogen (secondary N) is 2. The first-order valence-electron chi connectivity index (χ1n) is 15.3. The Bertz CT molecular complexity index is 2330. The van der Waals surface area contributed by atoms with Gasteiger partial charge in [-0.25, -0.2) is 22.6 Å². The molecule has 0 aliphatic carbocycles. The van der Waals surface area contributed by atoms with Crippen LogP contribution in [0.1, 0.15) is 36.7 Å². The van der Waals surface area contributed by atoms with E-state index in [0.29, 0.717) is 36.3 Å². The highest BCUT2D eigenvalue weighted by Gasteiger charge is 2.20. The number of aromatic nitrogens is 4. The summed E-state index contributed by atoms with van der Waals surface area (Å²) in [6.45, 7) is 2.16. The van der Waals surface area contributed by atoms with Crippen molar-refractivity contribution in [1.29, 1.82) is 0 Å². The molecule has 0 amide bonds. The number of nitrogens with zero attached hydrogens (tertiary/aromatic N) is 4. The molecule has 2 N–H and O–H groups in total. The lowest BCUT2D eigenvalue weighted by atomic mass is 10.1. The number of sulfonamides is 1. The van der Waals surface area contributed by atoms with Gasteiger partial charge in [0.25, 0.3) is 15.6 Å². The second-order valence-electron chi connectivity index (χ2n) is 11.7. The largest absolute Gasteiger partial charge is 0.377 e. The monoisotopic (exact) mass is 654 g/mol. The van der Waals surface area contributed by atoms with Gasteiger partial charge < -0.3 is 9.88 Å². The molecular weight excluding hydrogens is 619 g/mol. The molecule has 0 saturated heterocycles. The van der Waals surface area contributed by atoms with Gasteiger partial charge in [0.1, 0.15) is 17.2 Å². The van der Waals surface area contributed by atoms with Crippen LogP contribution in [0.5, 0.6) is 0 Å². The van der Waals surface area contributed by atoms with E-state index in [1.807, 2.05) is 44.1 Å². The Morgan fingerprint density at radius 1 is 0.894 bits per heavy atom. The second kappa shape index (κ2) is 12.9. The summed E-state index contributed by atoms with van der Waals surface area (Å²) in [7, 11) is -0.0759. The summed E-state index contributed by atoms with van der Waals surface area (Å²) in [5, 5.41) is 1.46. The standard InChI is InChI=1S/C35H35FN6O4S/c1-4-5-20-41-33-32(34(43)42(35(41)44)22-24-10-6-7-13-28(24)36)37-31(38-33)21-23-16-18-25(19-17-23)39-47(45,46)30-15-9-11-26-27(30)12-8-14-29(26)40(2)3/h6-19,39H,4-5,20-22H2,1-3H3,(H,37,38). The van der Waals surface area contributed by atoms with Crippen molar-refractivity contribution in [2.24, 2.45) is 0 Å². The number of aryl methyl sites for hydroxylation is 1. The molecule has 0 unspecified atom stereocenters. The minimum Gasteiger partial charge on any atom is -0.377 e. The van der Waals surface area contributed by atoms with Crippen molar-refractivity contribution in [1.82, 2.24) is 19.1 Å². The molecule has 0 fully saturated rings. The third kappa shape index (κ3) is 6.28. The number of unbranched alkanes of at least 4 members (excludes halogenated alkanes) is 1. The highest BCUT2D eigenvalue weighted by atomic mass is 32.2. The Hall–Kier alpha value is -5.23. The quantitative estimate of drug-likeness (QED) is 0.191. The number of rotatable bonds is 11. The molecule has 0 aliphatic heterocycles. The zero-order chi connectivity index (χ0) is 33.3. The zero-order valence-electron chi connectivity index (χ0n) is 26.3. The van der Waals surface area contributed by atoms with E-state index in [4.69, 9.17) is 0 Å². The third-order valence-electron chi connectivity index (χ3n) is 8.14. The average Bonchev–Trinajstić information content (AvgIpc) is 3.47. The van der Waals surface area contributed by atoms with E-state index in [-0.39, 0.29) is 28.2 Å². The number of halogens is 1. The van der Waals surface area contributed by atoms with Crippen LogP contribution in [-0.4, -0.2) is 41.6 Å². The van der Waals surface area contributed by atoms with Gasteiger partial charge in [0.2, 0.25) is 0 Å². The van der Waals surface area contributed by atoms with E-state index < -0.39 is 27.1 Å². The van der Waals surface area contributed by atoms with Crippen molar-refractivity contribution in [3.63, 3.8) is 0 Å². The van der Waals surface area contributed by atoms with E-state index in [1.165, 1.54) is 10.6 Å². The van der Waals surface area contributed by atoms with Gasteiger partial charge in [-0.1, -0.05) is 67.9 Å². The number of imidazole rings is 1. The van der Waals surface area contributed by atoms with Crippen LogP contribution >= 0.6 is 0 Å². The van der Waals surface area contributed by atoms with E-state index in [0.717, 1.165) is 27.6 Å². The molecule has 0 aliphatic rings.